The van der Waals surface area contributed by atoms with Crippen LogP contribution in [-0.4, -0.2) is 36.2 Å². The average Bonchev–Trinajstić information content (AvgIpc) is 3.37. The number of unbranched alkanes of at least 4 members (excludes halogenated alkanes) is 3. The van der Waals surface area contributed by atoms with Gasteiger partial charge >= 0.3 is 5.97 Å². The van der Waals surface area contributed by atoms with Gasteiger partial charge in [-0.1, -0.05) is 61.4 Å². The summed E-state index contributed by atoms with van der Waals surface area (Å²) in [5.74, 6) is 0.959. The molecule has 1 aromatic carbocycles. The van der Waals surface area contributed by atoms with Crippen LogP contribution in [0.5, 0.6) is 0 Å². The van der Waals surface area contributed by atoms with Crippen LogP contribution in [0.1, 0.15) is 89.5 Å². The maximum absolute atomic E-state index is 12.5. The van der Waals surface area contributed by atoms with Gasteiger partial charge in [-0.25, -0.2) is 0 Å². The van der Waals surface area contributed by atoms with Crippen LogP contribution in [0.25, 0.3) is 0 Å². The maximum Gasteiger partial charge on any atom is 0.306 e. The van der Waals surface area contributed by atoms with E-state index in [0.29, 0.717) is 50.5 Å². The molecule has 39 heavy (non-hydrogen) atoms. The number of nitrogens with one attached hydrogen (secondary N) is 1. The molecule has 1 aliphatic rings. The molecule has 0 saturated heterocycles. The highest BCUT2D eigenvalue weighted by Gasteiger charge is 2.24. The van der Waals surface area contributed by atoms with Crippen LogP contribution in [0, 0.1) is 22.0 Å². The van der Waals surface area contributed by atoms with E-state index in [4.69, 9.17) is 4.74 Å². The maximum atomic E-state index is 12.5. The second-order valence-corrected chi connectivity index (χ2v) is 10.2. The SMILES string of the molecule is CCNC(=O)CCC/C=C\CC1CCCC1/C=C/C(CCc1ccccc1)OC(=O)CCCCCO[N+](=O)[O-]. The molecule has 1 fully saturated rings. The Kier molecular flexibility index (Phi) is 16.3. The van der Waals surface area contributed by atoms with Crippen molar-refractivity contribution in [2.45, 2.75) is 96.5 Å². The van der Waals surface area contributed by atoms with E-state index in [0.717, 1.165) is 38.5 Å². The van der Waals surface area contributed by atoms with E-state index in [1.807, 2.05) is 25.1 Å². The average molecular weight is 543 g/mol. The van der Waals surface area contributed by atoms with Crippen molar-refractivity contribution in [3.8, 4) is 0 Å². The van der Waals surface area contributed by atoms with Gasteiger partial charge in [0.2, 0.25) is 5.91 Å². The van der Waals surface area contributed by atoms with E-state index in [1.54, 1.807) is 0 Å². The van der Waals surface area contributed by atoms with Gasteiger partial charge in [-0.2, -0.15) is 0 Å². The summed E-state index contributed by atoms with van der Waals surface area (Å²) in [7, 11) is 0. The molecule has 0 radical (unpaired) electrons. The molecule has 1 saturated carbocycles. The van der Waals surface area contributed by atoms with Gasteiger partial charge in [-0.15, -0.1) is 10.1 Å². The van der Waals surface area contributed by atoms with Crippen molar-refractivity contribution in [3.05, 3.63) is 70.3 Å². The van der Waals surface area contributed by atoms with Crippen LogP contribution >= 0.6 is 0 Å². The molecule has 0 aliphatic heterocycles. The molecule has 1 N–H and O–H groups in total. The fourth-order valence-electron chi connectivity index (χ4n) is 5.00. The number of nitrogens with zero attached hydrogens (tertiary/aromatic N) is 1. The monoisotopic (exact) mass is 542 g/mol. The van der Waals surface area contributed by atoms with E-state index >= 15 is 0 Å². The molecule has 1 aromatic rings. The highest BCUT2D eigenvalue weighted by Crippen LogP contribution is 2.35. The number of benzene rings is 1. The van der Waals surface area contributed by atoms with Gasteiger partial charge in [0.1, 0.15) is 6.10 Å². The number of rotatable bonds is 20. The molecular formula is C31H46N2O6. The number of ether oxygens (including phenoxy) is 1. The summed E-state index contributed by atoms with van der Waals surface area (Å²) < 4.78 is 5.86. The zero-order valence-corrected chi connectivity index (χ0v) is 23.4. The van der Waals surface area contributed by atoms with Crippen molar-refractivity contribution >= 4 is 11.9 Å². The van der Waals surface area contributed by atoms with Crippen molar-refractivity contribution in [1.82, 2.24) is 5.32 Å². The van der Waals surface area contributed by atoms with Crippen LogP contribution in [-0.2, 0) is 25.6 Å². The number of hydrogen-bond acceptors (Lipinski definition) is 6. The van der Waals surface area contributed by atoms with E-state index in [-0.39, 0.29) is 24.6 Å². The summed E-state index contributed by atoms with van der Waals surface area (Å²) >= 11 is 0. The predicted molar refractivity (Wildman–Crippen MR) is 152 cm³/mol. The number of carbonyl (C=O) groups is 2. The molecule has 2 rings (SSSR count). The quantitative estimate of drug-likeness (QED) is 0.0660. The summed E-state index contributed by atoms with van der Waals surface area (Å²) in [6.07, 6.45) is 19.2. The van der Waals surface area contributed by atoms with Crippen LogP contribution in [0.15, 0.2) is 54.6 Å². The molecule has 216 valence electrons. The molecular weight excluding hydrogens is 496 g/mol. The van der Waals surface area contributed by atoms with E-state index in [9.17, 15) is 19.7 Å². The summed E-state index contributed by atoms with van der Waals surface area (Å²) in [6.45, 7) is 2.67. The van der Waals surface area contributed by atoms with E-state index in [2.05, 4.69) is 46.6 Å². The van der Waals surface area contributed by atoms with Gasteiger partial charge in [-0.3, -0.25) is 9.59 Å². The Hall–Kier alpha value is -3.16. The predicted octanol–water partition coefficient (Wildman–Crippen LogP) is 6.52. The fourth-order valence-corrected chi connectivity index (χ4v) is 5.00. The second kappa shape index (κ2) is 19.8. The van der Waals surface area contributed by atoms with Gasteiger partial charge in [0.25, 0.3) is 5.09 Å². The topological polar surface area (TPSA) is 108 Å². The Balaban J connectivity index is 1.83. The van der Waals surface area contributed by atoms with Crippen LogP contribution < -0.4 is 5.32 Å². The smallest absolute Gasteiger partial charge is 0.306 e. The molecule has 1 aliphatic carbocycles. The second-order valence-electron chi connectivity index (χ2n) is 10.2. The Morgan fingerprint density at radius 2 is 1.92 bits per heavy atom. The molecule has 3 unspecified atom stereocenters. The third kappa shape index (κ3) is 15.1. The molecule has 0 heterocycles. The highest BCUT2D eigenvalue weighted by atomic mass is 16.9. The number of allylic oxidation sites excluding steroid dienone is 3. The van der Waals surface area contributed by atoms with Crippen molar-refractivity contribution < 1.29 is 24.3 Å². The van der Waals surface area contributed by atoms with Gasteiger partial charge in [0.05, 0.1) is 6.61 Å². The first-order valence-electron chi connectivity index (χ1n) is 14.6. The first-order valence-corrected chi connectivity index (χ1v) is 14.6. The summed E-state index contributed by atoms with van der Waals surface area (Å²) in [5, 5.41) is 12.3. The Bertz CT molecular complexity index is 902. The van der Waals surface area contributed by atoms with Crippen LogP contribution in [0.2, 0.25) is 0 Å². The molecule has 1 amide bonds. The Morgan fingerprint density at radius 1 is 1.10 bits per heavy atom. The van der Waals surface area contributed by atoms with Crippen LogP contribution in [0.3, 0.4) is 0 Å². The number of hydrogen-bond donors (Lipinski definition) is 1. The molecule has 0 aromatic heterocycles. The largest absolute Gasteiger partial charge is 0.458 e. The standard InChI is InChI=1S/C31H46N2O6/c1-2-32-30(34)19-10-4-3-9-16-27-17-13-18-28(27)22-24-29(23-21-26-14-7-5-8-15-26)39-31(35)20-11-6-12-25-38-33(36)37/h3,5,7-9,14-15,22,24,27-29H,2,4,6,10-13,16-21,23,25H2,1H3,(H,32,34)/b9-3-,24-22+. The van der Waals surface area contributed by atoms with Gasteiger partial charge in [0.15, 0.2) is 0 Å². The molecule has 0 bridgehead atoms. The summed E-state index contributed by atoms with van der Waals surface area (Å²) in [4.78, 5) is 38.6. The number of esters is 1. The van der Waals surface area contributed by atoms with E-state index < -0.39 is 5.09 Å². The van der Waals surface area contributed by atoms with Crippen LogP contribution in [0.4, 0.5) is 0 Å². The lowest BCUT2D eigenvalue weighted by molar-refractivity contribution is -0.757. The molecule has 8 nitrogen and oxygen atoms in total. The first-order chi connectivity index (χ1) is 19.0. The zero-order valence-electron chi connectivity index (χ0n) is 23.4. The third-order valence-electron chi connectivity index (χ3n) is 7.11. The minimum atomic E-state index is -0.792. The Labute approximate surface area is 233 Å². The van der Waals surface area contributed by atoms with Gasteiger partial charge < -0.3 is 14.9 Å². The van der Waals surface area contributed by atoms with Crippen molar-refractivity contribution in [1.29, 1.82) is 0 Å². The molecule has 8 heteroatoms. The lowest BCUT2D eigenvalue weighted by Gasteiger charge is -2.18. The molecule has 3 atom stereocenters. The lowest BCUT2D eigenvalue weighted by Crippen LogP contribution is -2.21. The van der Waals surface area contributed by atoms with Crippen molar-refractivity contribution in [3.63, 3.8) is 0 Å². The third-order valence-corrected chi connectivity index (χ3v) is 7.11. The van der Waals surface area contributed by atoms with Gasteiger partial charge in [0, 0.05) is 19.4 Å². The number of aryl methyl sites for hydroxylation is 1. The number of carbonyl (C=O) groups excluding carboxylic acids is 2. The summed E-state index contributed by atoms with van der Waals surface area (Å²) in [5.41, 5.74) is 1.22. The number of amides is 1. The normalized spacial score (nSPS) is 17.9. The van der Waals surface area contributed by atoms with E-state index in [1.165, 1.54) is 18.4 Å². The van der Waals surface area contributed by atoms with Crippen molar-refractivity contribution in [2.24, 2.45) is 11.8 Å². The minimum Gasteiger partial charge on any atom is -0.458 e. The highest BCUT2D eigenvalue weighted by molar-refractivity contribution is 5.75. The fraction of sp³-hybridized carbons (Fsp3) is 0.613. The summed E-state index contributed by atoms with van der Waals surface area (Å²) in [6, 6.07) is 10.2. The lowest BCUT2D eigenvalue weighted by atomic mass is 9.91. The first kappa shape index (κ1) is 32.1. The minimum absolute atomic E-state index is 0.0539. The molecule has 0 spiro atoms. The van der Waals surface area contributed by atoms with Crippen molar-refractivity contribution in [2.75, 3.05) is 13.2 Å². The van der Waals surface area contributed by atoms with Gasteiger partial charge in [-0.05, 0) is 88.2 Å². The Morgan fingerprint density at radius 3 is 2.69 bits per heavy atom. The zero-order chi connectivity index (χ0) is 28.1.